The molecule has 1 N–H and O–H groups in total. The van der Waals surface area contributed by atoms with Gasteiger partial charge in [0.25, 0.3) is 5.91 Å². The number of nitriles is 1. The van der Waals surface area contributed by atoms with E-state index in [0.717, 1.165) is 18.5 Å². The molecule has 1 fully saturated rings. The van der Waals surface area contributed by atoms with Gasteiger partial charge in [0, 0.05) is 12.8 Å². The van der Waals surface area contributed by atoms with E-state index in [0.29, 0.717) is 29.2 Å². The van der Waals surface area contributed by atoms with Gasteiger partial charge in [0.15, 0.2) is 0 Å². The number of nitrogens with one attached hydrogen (secondary N) is 1. The van der Waals surface area contributed by atoms with Gasteiger partial charge in [0.1, 0.15) is 11.9 Å². The van der Waals surface area contributed by atoms with Crippen molar-refractivity contribution >= 4 is 5.91 Å². The Hall–Kier alpha value is -3.57. The predicted octanol–water partition coefficient (Wildman–Crippen LogP) is 3.68. The average molecular weight is 405 g/mol. The molecule has 8 heteroatoms. The predicted molar refractivity (Wildman–Crippen MR) is 107 cm³/mol. The number of amides is 1. The zero-order chi connectivity index (χ0) is 20.0. The molecule has 7 nitrogen and oxygen atoms in total. The Kier molecular flexibility index (Phi) is 5.06. The highest BCUT2D eigenvalue weighted by Gasteiger charge is 2.28. The number of rotatable bonds is 3. The molecule has 4 heterocycles. The van der Waals surface area contributed by atoms with E-state index in [-0.39, 0.29) is 37.1 Å². The lowest BCUT2D eigenvalue weighted by Crippen LogP contribution is -2.14. The molecule has 3 aromatic rings. The van der Waals surface area contributed by atoms with Crippen molar-refractivity contribution in [2.75, 3.05) is 6.61 Å². The highest BCUT2D eigenvalue weighted by Crippen LogP contribution is 2.32. The van der Waals surface area contributed by atoms with Crippen molar-refractivity contribution in [3.05, 3.63) is 64.9 Å². The Morgan fingerprint density at radius 2 is 2.17 bits per heavy atom. The lowest BCUT2D eigenvalue weighted by Gasteiger charge is -2.12. The molecule has 2 aromatic heterocycles. The first-order valence-electron chi connectivity index (χ1n) is 9.34. The number of hydrogen-bond donors (Lipinski definition) is 1. The van der Waals surface area contributed by atoms with Crippen molar-refractivity contribution in [2.24, 2.45) is 0 Å². The van der Waals surface area contributed by atoms with Gasteiger partial charge < -0.3 is 10.1 Å². The molecule has 0 bridgehead atoms. The first kappa shape index (κ1) is 19.7. The SMILES string of the molecule is C.N#Cc1cccc(F)c1-c1cc(-n2ccc(C3CCCO3)n2)c2c(n1)CNC2=O. The Morgan fingerprint density at radius 3 is 2.93 bits per heavy atom. The van der Waals surface area contributed by atoms with E-state index >= 15 is 0 Å². The number of aromatic nitrogens is 3. The standard InChI is InChI=1S/C21H16FN5O2.CH4/c22-13-4-1-3-12(10-23)19(13)15-9-17(20-16(25-15)11-24-21(20)28)27-7-6-14(26-27)18-5-2-8-29-18;/h1,3-4,6-7,9,18H,2,5,8,11H2,(H,24,28);1H4. The van der Waals surface area contributed by atoms with Crippen LogP contribution in [0.4, 0.5) is 4.39 Å². The molecule has 1 aromatic carbocycles. The van der Waals surface area contributed by atoms with Crippen LogP contribution in [0.3, 0.4) is 0 Å². The summed E-state index contributed by atoms with van der Waals surface area (Å²) in [6.07, 6.45) is 3.59. The van der Waals surface area contributed by atoms with Crippen LogP contribution in [-0.2, 0) is 11.3 Å². The quantitative estimate of drug-likeness (QED) is 0.718. The zero-order valence-electron chi connectivity index (χ0n) is 15.4. The fourth-order valence-electron chi connectivity index (χ4n) is 3.85. The van der Waals surface area contributed by atoms with Gasteiger partial charge in [-0.05, 0) is 37.1 Å². The van der Waals surface area contributed by atoms with E-state index in [1.807, 2.05) is 12.1 Å². The Morgan fingerprint density at radius 1 is 1.30 bits per heavy atom. The minimum atomic E-state index is -0.541. The molecule has 152 valence electrons. The molecular formula is C22H20FN5O2. The maximum absolute atomic E-state index is 14.6. The number of hydrogen-bond acceptors (Lipinski definition) is 5. The summed E-state index contributed by atoms with van der Waals surface area (Å²) in [6, 6.07) is 9.79. The van der Waals surface area contributed by atoms with Gasteiger partial charge in [-0.3, -0.25) is 4.79 Å². The number of carbonyl (C=O) groups excluding carboxylic acids is 1. The van der Waals surface area contributed by atoms with Gasteiger partial charge in [0.05, 0.1) is 52.1 Å². The topological polar surface area (TPSA) is 92.8 Å². The van der Waals surface area contributed by atoms with Gasteiger partial charge in [-0.1, -0.05) is 13.5 Å². The second-order valence-electron chi connectivity index (χ2n) is 6.99. The molecule has 0 aliphatic carbocycles. The lowest BCUT2D eigenvalue weighted by molar-refractivity contribution is 0.0965. The van der Waals surface area contributed by atoms with Crippen molar-refractivity contribution in [2.45, 2.75) is 32.9 Å². The molecule has 0 radical (unpaired) electrons. The summed E-state index contributed by atoms with van der Waals surface area (Å²) in [5.74, 6) is -0.794. The molecule has 1 saturated heterocycles. The minimum Gasteiger partial charge on any atom is -0.372 e. The highest BCUT2D eigenvalue weighted by molar-refractivity contribution is 6.01. The monoisotopic (exact) mass is 405 g/mol. The van der Waals surface area contributed by atoms with Gasteiger partial charge in [-0.2, -0.15) is 10.4 Å². The Balaban J connectivity index is 0.00000218. The van der Waals surface area contributed by atoms with Crippen molar-refractivity contribution in [1.29, 1.82) is 5.26 Å². The van der Waals surface area contributed by atoms with Crippen molar-refractivity contribution in [3.63, 3.8) is 0 Å². The van der Waals surface area contributed by atoms with Gasteiger partial charge >= 0.3 is 0 Å². The molecule has 0 saturated carbocycles. The molecule has 2 aliphatic rings. The van der Waals surface area contributed by atoms with Crippen molar-refractivity contribution < 1.29 is 13.9 Å². The van der Waals surface area contributed by atoms with Gasteiger partial charge in [-0.25, -0.2) is 14.1 Å². The summed E-state index contributed by atoms with van der Waals surface area (Å²) in [5, 5.41) is 16.8. The van der Waals surface area contributed by atoms with Gasteiger partial charge in [-0.15, -0.1) is 0 Å². The first-order valence-corrected chi connectivity index (χ1v) is 9.34. The summed E-state index contributed by atoms with van der Waals surface area (Å²) >= 11 is 0. The van der Waals surface area contributed by atoms with Crippen LogP contribution in [0, 0.1) is 17.1 Å². The normalized spacial score (nSPS) is 17.2. The smallest absolute Gasteiger partial charge is 0.255 e. The van der Waals surface area contributed by atoms with Crippen molar-refractivity contribution in [1.82, 2.24) is 20.1 Å². The molecule has 1 atom stereocenters. The summed E-state index contributed by atoms with van der Waals surface area (Å²) < 4.78 is 21.9. The maximum Gasteiger partial charge on any atom is 0.255 e. The fraction of sp³-hybridized carbons (Fsp3) is 0.273. The Bertz CT molecular complexity index is 1170. The fourth-order valence-corrected chi connectivity index (χ4v) is 3.85. The number of benzene rings is 1. The van der Waals surface area contributed by atoms with Crippen LogP contribution in [0.2, 0.25) is 0 Å². The average Bonchev–Trinajstić information content (AvgIpc) is 3.48. The minimum absolute atomic E-state index is 0. The molecule has 0 spiro atoms. The van der Waals surface area contributed by atoms with Crippen LogP contribution < -0.4 is 5.32 Å². The third-order valence-corrected chi connectivity index (χ3v) is 5.22. The molecule has 1 amide bonds. The molecule has 5 rings (SSSR count). The highest BCUT2D eigenvalue weighted by atomic mass is 19.1. The number of carbonyl (C=O) groups is 1. The zero-order valence-corrected chi connectivity index (χ0v) is 15.4. The second kappa shape index (κ2) is 7.69. The van der Waals surface area contributed by atoms with Gasteiger partial charge in [0.2, 0.25) is 0 Å². The largest absolute Gasteiger partial charge is 0.372 e. The number of nitrogens with zero attached hydrogens (tertiary/aromatic N) is 4. The third-order valence-electron chi connectivity index (χ3n) is 5.22. The molecule has 30 heavy (non-hydrogen) atoms. The number of fused-ring (bicyclic) bond motifs is 1. The van der Waals surface area contributed by atoms with E-state index in [2.05, 4.69) is 15.4 Å². The Labute approximate surface area is 173 Å². The van der Waals surface area contributed by atoms with E-state index in [1.165, 1.54) is 12.1 Å². The number of ether oxygens (including phenoxy) is 1. The van der Waals surface area contributed by atoms with Crippen LogP contribution in [0.5, 0.6) is 0 Å². The maximum atomic E-state index is 14.6. The van der Waals surface area contributed by atoms with E-state index in [1.54, 1.807) is 23.0 Å². The first-order chi connectivity index (χ1) is 14.2. The summed E-state index contributed by atoms with van der Waals surface area (Å²) in [5.41, 5.74) is 2.78. The van der Waals surface area contributed by atoms with Crippen LogP contribution >= 0.6 is 0 Å². The summed E-state index contributed by atoms with van der Waals surface area (Å²) in [7, 11) is 0. The van der Waals surface area contributed by atoms with Crippen LogP contribution in [-0.4, -0.2) is 27.3 Å². The number of pyridine rings is 1. The van der Waals surface area contributed by atoms with Crippen LogP contribution in [0.25, 0.3) is 16.9 Å². The van der Waals surface area contributed by atoms with Crippen LogP contribution in [0.15, 0.2) is 36.5 Å². The summed E-state index contributed by atoms with van der Waals surface area (Å²) in [6.45, 7) is 0.949. The number of halogens is 1. The van der Waals surface area contributed by atoms with Crippen LogP contribution in [0.1, 0.15) is 53.7 Å². The summed E-state index contributed by atoms with van der Waals surface area (Å²) in [4.78, 5) is 16.9. The molecular weight excluding hydrogens is 385 g/mol. The second-order valence-corrected chi connectivity index (χ2v) is 6.99. The lowest BCUT2D eigenvalue weighted by atomic mass is 10.0. The third kappa shape index (κ3) is 3.13. The van der Waals surface area contributed by atoms with E-state index < -0.39 is 5.82 Å². The van der Waals surface area contributed by atoms with Crippen molar-refractivity contribution in [3.8, 4) is 23.0 Å². The van der Waals surface area contributed by atoms with E-state index in [9.17, 15) is 14.4 Å². The molecule has 1 unspecified atom stereocenters. The molecule has 2 aliphatic heterocycles. The van der Waals surface area contributed by atoms with E-state index in [4.69, 9.17) is 4.74 Å².